The number of likely N-dealkylation sites (tertiary alicyclic amines) is 1. The fourth-order valence-corrected chi connectivity index (χ4v) is 7.77. The van der Waals surface area contributed by atoms with Crippen molar-refractivity contribution >= 4 is 35.0 Å². The van der Waals surface area contributed by atoms with E-state index in [4.69, 9.17) is 16.3 Å². The number of fused-ring (bicyclic) bond motifs is 1. The molecule has 0 aromatic heterocycles. The lowest BCUT2D eigenvalue weighted by atomic mass is 9.70. The van der Waals surface area contributed by atoms with Gasteiger partial charge in [0.25, 0.3) is 5.91 Å². The van der Waals surface area contributed by atoms with E-state index in [-0.39, 0.29) is 24.3 Å². The van der Waals surface area contributed by atoms with E-state index in [0.717, 1.165) is 5.56 Å². The molecular weight excluding hydrogens is 602 g/mol. The first-order valence-corrected chi connectivity index (χ1v) is 16.0. The van der Waals surface area contributed by atoms with Crippen molar-refractivity contribution in [2.24, 2.45) is 11.8 Å². The molecular formula is C37H38ClN3O5. The van der Waals surface area contributed by atoms with Crippen LogP contribution in [-0.2, 0) is 25.7 Å². The molecule has 238 valence electrons. The van der Waals surface area contributed by atoms with Gasteiger partial charge in [-0.05, 0) is 48.2 Å². The standard InChI is InChI=1S/C37H38ClN3O5/c1-3-21-39(23-25-11-7-5-8-12-25)34(43)31-30-19-20-37(46-30)32(31)35(44)41(29(24-42)26-13-9-6-10-14-26)33(37)36(45)40(22-4-2)28-17-15-27(38)16-18-28/h3-18,29-33,42H,1-2,19-24H2/t29-,30+,31-,32+,33?,37?/m1/s1. The second-order valence-electron chi connectivity index (χ2n) is 12.1. The van der Waals surface area contributed by atoms with E-state index in [0.29, 0.717) is 42.2 Å². The van der Waals surface area contributed by atoms with Crippen LogP contribution in [0.4, 0.5) is 5.69 Å². The van der Waals surface area contributed by atoms with Gasteiger partial charge in [0.15, 0.2) is 0 Å². The van der Waals surface area contributed by atoms with Crippen molar-refractivity contribution in [1.82, 2.24) is 9.80 Å². The van der Waals surface area contributed by atoms with E-state index < -0.39 is 42.2 Å². The van der Waals surface area contributed by atoms with Crippen molar-refractivity contribution in [2.75, 3.05) is 24.6 Å². The average molecular weight is 640 g/mol. The molecule has 2 bridgehead atoms. The van der Waals surface area contributed by atoms with Crippen molar-refractivity contribution in [3.63, 3.8) is 0 Å². The SMILES string of the molecule is C=CCN(Cc1ccccc1)C(=O)[C@@H]1[C@@H]2CCC3(O2)C(C(=O)N(CC=C)c2ccc(Cl)cc2)N([C@H](CO)c2ccccc2)C(=O)[C@H]13. The van der Waals surface area contributed by atoms with Crippen molar-refractivity contribution in [3.05, 3.63) is 126 Å². The number of amides is 3. The van der Waals surface area contributed by atoms with Crippen LogP contribution in [0.15, 0.2) is 110 Å². The molecule has 3 aliphatic heterocycles. The van der Waals surface area contributed by atoms with Gasteiger partial charge in [-0.15, -0.1) is 13.2 Å². The van der Waals surface area contributed by atoms with Gasteiger partial charge in [0.1, 0.15) is 11.6 Å². The molecule has 0 saturated carbocycles. The second-order valence-corrected chi connectivity index (χ2v) is 12.6. The lowest BCUT2D eigenvalue weighted by Crippen LogP contribution is -2.57. The largest absolute Gasteiger partial charge is 0.394 e. The van der Waals surface area contributed by atoms with Gasteiger partial charge < -0.3 is 24.5 Å². The van der Waals surface area contributed by atoms with E-state index >= 15 is 0 Å². The average Bonchev–Trinajstić information content (AvgIpc) is 3.72. The smallest absolute Gasteiger partial charge is 0.253 e. The minimum Gasteiger partial charge on any atom is -0.394 e. The van der Waals surface area contributed by atoms with Crippen molar-refractivity contribution in [2.45, 2.75) is 43.2 Å². The molecule has 3 fully saturated rings. The van der Waals surface area contributed by atoms with E-state index in [2.05, 4.69) is 13.2 Å². The van der Waals surface area contributed by atoms with Gasteiger partial charge in [0.05, 0.1) is 30.6 Å². The Labute approximate surface area is 274 Å². The number of rotatable bonds is 12. The topological polar surface area (TPSA) is 90.4 Å². The Morgan fingerprint density at radius 2 is 1.63 bits per heavy atom. The third-order valence-electron chi connectivity index (χ3n) is 9.54. The predicted octanol–water partition coefficient (Wildman–Crippen LogP) is 5.18. The summed E-state index contributed by atoms with van der Waals surface area (Å²) in [6, 6.07) is 23.8. The summed E-state index contributed by atoms with van der Waals surface area (Å²) in [5.74, 6) is -2.63. The first-order chi connectivity index (χ1) is 22.3. The van der Waals surface area contributed by atoms with Crippen LogP contribution in [0.5, 0.6) is 0 Å². The van der Waals surface area contributed by atoms with Crippen molar-refractivity contribution in [3.8, 4) is 0 Å². The van der Waals surface area contributed by atoms with Gasteiger partial charge in [-0.25, -0.2) is 0 Å². The highest BCUT2D eigenvalue weighted by atomic mass is 35.5. The van der Waals surface area contributed by atoms with E-state index in [9.17, 15) is 19.5 Å². The van der Waals surface area contributed by atoms with Gasteiger partial charge in [0, 0.05) is 30.3 Å². The normalized spacial score (nSPS) is 25.2. The number of nitrogens with zero attached hydrogens (tertiary/aromatic N) is 3. The summed E-state index contributed by atoms with van der Waals surface area (Å²) in [6.45, 7) is 8.15. The molecule has 3 saturated heterocycles. The predicted molar refractivity (Wildman–Crippen MR) is 177 cm³/mol. The summed E-state index contributed by atoms with van der Waals surface area (Å²) in [6.07, 6.45) is 3.74. The Morgan fingerprint density at radius 3 is 2.26 bits per heavy atom. The highest BCUT2D eigenvalue weighted by molar-refractivity contribution is 6.30. The molecule has 3 aromatic rings. The molecule has 46 heavy (non-hydrogen) atoms. The minimum absolute atomic E-state index is 0.171. The second kappa shape index (κ2) is 13.2. The summed E-state index contributed by atoms with van der Waals surface area (Å²) >= 11 is 6.17. The highest BCUT2D eigenvalue weighted by Gasteiger charge is 2.75. The third kappa shape index (κ3) is 5.44. The lowest BCUT2D eigenvalue weighted by Gasteiger charge is -2.39. The fraction of sp³-hybridized carbons (Fsp3) is 0.324. The molecule has 8 nitrogen and oxygen atoms in total. The minimum atomic E-state index is -1.25. The maximum absolute atomic E-state index is 14.9. The van der Waals surface area contributed by atoms with E-state index in [1.54, 1.807) is 46.2 Å². The number of aliphatic hydroxyl groups excluding tert-OH is 1. The lowest BCUT2D eigenvalue weighted by molar-refractivity contribution is -0.147. The monoisotopic (exact) mass is 639 g/mol. The van der Waals surface area contributed by atoms with Crippen LogP contribution in [0.3, 0.4) is 0 Å². The van der Waals surface area contributed by atoms with Crippen molar-refractivity contribution in [1.29, 1.82) is 0 Å². The summed E-state index contributed by atoms with van der Waals surface area (Å²) in [4.78, 5) is 48.9. The molecule has 3 heterocycles. The van der Waals surface area contributed by atoms with Gasteiger partial charge in [0.2, 0.25) is 11.8 Å². The quantitative estimate of drug-likeness (QED) is 0.276. The van der Waals surface area contributed by atoms with Crippen molar-refractivity contribution < 1.29 is 24.2 Å². The fourth-order valence-electron chi connectivity index (χ4n) is 7.64. The molecule has 1 spiro atoms. The Bertz CT molecular complexity index is 1600. The van der Waals surface area contributed by atoms with Crippen LogP contribution in [0.2, 0.25) is 5.02 Å². The molecule has 6 rings (SSSR count). The molecule has 0 aliphatic carbocycles. The zero-order valence-electron chi connectivity index (χ0n) is 25.6. The highest BCUT2D eigenvalue weighted by Crippen LogP contribution is 2.60. The maximum Gasteiger partial charge on any atom is 0.253 e. The molecule has 6 atom stereocenters. The molecule has 0 radical (unpaired) electrons. The summed E-state index contributed by atoms with van der Waals surface area (Å²) in [5.41, 5.74) is 0.974. The van der Waals surface area contributed by atoms with Crippen LogP contribution in [0.25, 0.3) is 0 Å². The summed E-state index contributed by atoms with van der Waals surface area (Å²) in [5, 5.41) is 11.3. The summed E-state index contributed by atoms with van der Waals surface area (Å²) in [7, 11) is 0. The Morgan fingerprint density at radius 1 is 0.978 bits per heavy atom. The number of aliphatic hydroxyl groups is 1. The van der Waals surface area contributed by atoms with Crippen LogP contribution in [-0.4, -0.2) is 70.1 Å². The number of carbonyl (C=O) groups excluding carboxylic acids is 3. The molecule has 2 unspecified atom stereocenters. The maximum atomic E-state index is 14.9. The number of ether oxygens (including phenoxy) is 1. The van der Waals surface area contributed by atoms with Crippen LogP contribution >= 0.6 is 11.6 Å². The summed E-state index contributed by atoms with van der Waals surface area (Å²) < 4.78 is 6.73. The Kier molecular flexibility index (Phi) is 9.13. The number of halogens is 1. The number of hydrogen-bond donors (Lipinski definition) is 1. The van der Waals surface area contributed by atoms with Gasteiger partial charge in [-0.1, -0.05) is 84.4 Å². The molecule has 3 aromatic carbocycles. The molecule has 3 aliphatic rings. The zero-order chi connectivity index (χ0) is 32.4. The number of carbonyl (C=O) groups is 3. The van der Waals surface area contributed by atoms with Gasteiger partial charge in [-0.3, -0.25) is 14.4 Å². The van der Waals surface area contributed by atoms with Crippen LogP contribution in [0, 0.1) is 11.8 Å². The van der Waals surface area contributed by atoms with Gasteiger partial charge in [-0.2, -0.15) is 0 Å². The van der Waals surface area contributed by atoms with E-state index in [1.807, 2.05) is 60.7 Å². The van der Waals surface area contributed by atoms with Crippen LogP contribution in [0.1, 0.15) is 30.0 Å². The number of benzene rings is 3. The Hall–Kier alpha value is -4.24. The first kappa shape index (κ1) is 31.7. The zero-order valence-corrected chi connectivity index (χ0v) is 26.3. The number of hydrogen-bond acceptors (Lipinski definition) is 5. The third-order valence-corrected chi connectivity index (χ3v) is 9.80. The number of anilines is 1. The first-order valence-electron chi connectivity index (χ1n) is 15.6. The van der Waals surface area contributed by atoms with Crippen LogP contribution < -0.4 is 4.90 Å². The molecule has 1 N–H and O–H groups in total. The van der Waals surface area contributed by atoms with Gasteiger partial charge >= 0.3 is 0 Å². The Balaban J connectivity index is 1.44. The molecule has 3 amide bonds. The van der Waals surface area contributed by atoms with E-state index in [1.165, 1.54) is 4.90 Å². The molecule has 9 heteroatoms.